The second-order valence-electron chi connectivity index (χ2n) is 7.83. The maximum atomic E-state index is 15.7. The molecule has 1 saturated carbocycles. The molecule has 170 valence electrons. The zero-order valence-corrected chi connectivity index (χ0v) is 19.5. The molecule has 1 amide bonds. The molecule has 0 radical (unpaired) electrons. The van der Waals surface area contributed by atoms with Crippen molar-refractivity contribution in [2.45, 2.75) is 48.3 Å². The minimum absolute atomic E-state index is 0.0637. The van der Waals surface area contributed by atoms with Gasteiger partial charge in [-0.25, -0.2) is 17.2 Å². The highest BCUT2D eigenvalue weighted by molar-refractivity contribution is 7.98. The number of nitrogens with one attached hydrogen (secondary N) is 1. The molecule has 0 heterocycles. The van der Waals surface area contributed by atoms with Crippen LogP contribution in [0.1, 0.15) is 37.7 Å². The Balaban J connectivity index is 2.32. The van der Waals surface area contributed by atoms with Gasteiger partial charge in [0.05, 0.1) is 23.1 Å². The van der Waals surface area contributed by atoms with Crippen LogP contribution in [-0.4, -0.2) is 26.8 Å². The summed E-state index contributed by atoms with van der Waals surface area (Å²) < 4.78 is 55.6. The summed E-state index contributed by atoms with van der Waals surface area (Å²) in [6, 6.07) is 8.45. The number of rotatable bonds is 6. The van der Waals surface area contributed by atoms with Crippen molar-refractivity contribution < 1.29 is 22.0 Å². The van der Waals surface area contributed by atoms with Gasteiger partial charge in [-0.15, -0.1) is 11.8 Å². The molecule has 2 aromatic carbocycles. The summed E-state index contributed by atoms with van der Waals surface area (Å²) in [5.74, 6) is -3.11. The number of amides is 1. The summed E-state index contributed by atoms with van der Waals surface area (Å²) in [5.41, 5.74) is 0.373. The minimum atomic E-state index is -4.26. The second kappa shape index (κ2) is 10.0. The van der Waals surface area contributed by atoms with Gasteiger partial charge < -0.3 is 5.32 Å². The molecule has 0 aromatic heterocycles. The van der Waals surface area contributed by atoms with Crippen LogP contribution in [0.4, 0.5) is 14.5 Å². The van der Waals surface area contributed by atoms with Crippen molar-refractivity contribution in [2.75, 3.05) is 17.8 Å². The van der Waals surface area contributed by atoms with Crippen LogP contribution < -0.4 is 5.32 Å². The van der Waals surface area contributed by atoms with Gasteiger partial charge in [0, 0.05) is 17.7 Å². The average Bonchev–Trinajstić information content (AvgIpc) is 2.75. The van der Waals surface area contributed by atoms with Crippen molar-refractivity contribution in [2.24, 2.45) is 5.92 Å². The van der Waals surface area contributed by atoms with E-state index in [1.807, 2.05) is 6.07 Å². The van der Waals surface area contributed by atoms with Gasteiger partial charge in [0.15, 0.2) is 21.5 Å². The van der Waals surface area contributed by atoms with Crippen LogP contribution in [-0.2, 0) is 21.1 Å². The standard InChI is InChI=1S/C23H24F2N2O3S2/c1-31-21-19(25)22(32(2,29)30)18(24)17(16-11-7-6-8-14(16)12-13-26)20(21)27-23(28)15-9-4-3-5-10-15/h6-8,11,15H,3-5,9-10,12H2,1-2H3,(H,27,28). The number of anilines is 1. The van der Waals surface area contributed by atoms with Gasteiger partial charge >= 0.3 is 0 Å². The first-order chi connectivity index (χ1) is 15.2. The zero-order valence-electron chi connectivity index (χ0n) is 17.9. The first-order valence-electron chi connectivity index (χ1n) is 10.3. The molecule has 0 unspecified atom stereocenters. The topological polar surface area (TPSA) is 87.0 Å². The van der Waals surface area contributed by atoms with Crippen LogP contribution >= 0.6 is 11.8 Å². The Morgan fingerprint density at radius 2 is 1.84 bits per heavy atom. The van der Waals surface area contributed by atoms with Gasteiger partial charge in [-0.05, 0) is 30.2 Å². The molecule has 3 rings (SSSR count). The van der Waals surface area contributed by atoms with E-state index in [-0.39, 0.29) is 40.0 Å². The lowest BCUT2D eigenvalue weighted by Gasteiger charge is -2.24. The van der Waals surface area contributed by atoms with Crippen LogP contribution in [0.2, 0.25) is 0 Å². The molecule has 1 aliphatic rings. The third-order valence-electron chi connectivity index (χ3n) is 5.65. The van der Waals surface area contributed by atoms with Gasteiger partial charge in [-0.1, -0.05) is 43.5 Å². The predicted molar refractivity (Wildman–Crippen MR) is 121 cm³/mol. The molecule has 0 atom stereocenters. The molecule has 1 fully saturated rings. The lowest BCUT2D eigenvalue weighted by atomic mass is 9.88. The fourth-order valence-electron chi connectivity index (χ4n) is 4.13. The summed E-state index contributed by atoms with van der Waals surface area (Å²) in [6.07, 6.45) is 6.43. The maximum absolute atomic E-state index is 15.7. The summed E-state index contributed by atoms with van der Waals surface area (Å²) in [6.45, 7) is 0. The van der Waals surface area contributed by atoms with Gasteiger partial charge in [-0.3, -0.25) is 4.79 Å². The fourth-order valence-corrected chi connectivity index (χ4v) is 5.69. The van der Waals surface area contributed by atoms with E-state index in [1.54, 1.807) is 18.2 Å². The highest BCUT2D eigenvalue weighted by Gasteiger charge is 2.33. The van der Waals surface area contributed by atoms with Crippen molar-refractivity contribution in [3.05, 3.63) is 41.5 Å². The Morgan fingerprint density at radius 1 is 1.19 bits per heavy atom. The monoisotopic (exact) mass is 478 g/mol. The highest BCUT2D eigenvalue weighted by Crippen LogP contribution is 2.44. The number of nitrogens with zero attached hydrogens (tertiary/aromatic N) is 1. The third kappa shape index (κ3) is 4.81. The van der Waals surface area contributed by atoms with Crippen LogP contribution in [0.25, 0.3) is 11.1 Å². The SMILES string of the molecule is CSc1c(F)c(S(C)(=O)=O)c(F)c(-c2ccccc2CC#N)c1NC(=O)C1CCCCC1. The molecule has 2 aromatic rings. The van der Waals surface area contributed by atoms with Crippen molar-refractivity contribution in [3.8, 4) is 17.2 Å². The van der Waals surface area contributed by atoms with Crippen LogP contribution in [0, 0.1) is 28.9 Å². The number of thioether (sulfide) groups is 1. The molecule has 0 spiro atoms. The Hall–Kier alpha value is -2.44. The largest absolute Gasteiger partial charge is 0.324 e. The third-order valence-corrected chi connectivity index (χ3v) is 7.54. The summed E-state index contributed by atoms with van der Waals surface area (Å²) in [5, 5.41) is 11.9. The highest BCUT2D eigenvalue weighted by atomic mass is 32.2. The summed E-state index contributed by atoms with van der Waals surface area (Å²) in [4.78, 5) is 11.8. The molecular formula is C23H24F2N2O3S2. The van der Waals surface area contributed by atoms with E-state index in [1.165, 1.54) is 12.3 Å². The number of benzene rings is 2. The number of hydrogen-bond donors (Lipinski definition) is 1. The lowest BCUT2D eigenvalue weighted by molar-refractivity contribution is -0.120. The van der Waals surface area contributed by atoms with E-state index >= 15 is 8.78 Å². The minimum Gasteiger partial charge on any atom is -0.324 e. The average molecular weight is 479 g/mol. The first kappa shape index (κ1) is 24.2. The number of carbonyl (C=O) groups excluding carboxylic acids is 1. The summed E-state index contributed by atoms with van der Waals surface area (Å²) >= 11 is 0.892. The van der Waals surface area contributed by atoms with Crippen LogP contribution in [0.15, 0.2) is 34.1 Å². The van der Waals surface area contributed by atoms with Gasteiger partial charge in [-0.2, -0.15) is 5.26 Å². The van der Waals surface area contributed by atoms with Crippen LogP contribution in [0.3, 0.4) is 0 Å². The molecular weight excluding hydrogens is 454 g/mol. The summed E-state index contributed by atoms with van der Waals surface area (Å²) in [7, 11) is -4.26. The zero-order chi connectivity index (χ0) is 23.5. The van der Waals surface area contributed by atoms with E-state index in [9.17, 15) is 18.5 Å². The molecule has 0 aliphatic heterocycles. The number of halogens is 2. The van der Waals surface area contributed by atoms with Gasteiger partial charge in [0.25, 0.3) is 0 Å². The van der Waals surface area contributed by atoms with Crippen molar-refractivity contribution >= 4 is 33.2 Å². The Morgan fingerprint density at radius 3 is 2.44 bits per heavy atom. The molecule has 9 heteroatoms. The second-order valence-corrected chi connectivity index (χ2v) is 10.6. The fraction of sp³-hybridized carbons (Fsp3) is 0.391. The molecule has 0 saturated heterocycles. The number of carbonyl (C=O) groups is 1. The molecule has 5 nitrogen and oxygen atoms in total. The smallest absolute Gasteiger partial charge is 0.227 e. The normalized spacial score (nSPS) is 14.7. The molecule has 1 aliphatic carbocycles. The number of sulfone groups is 1. The Bertz CT molecular complexity index is 1180. The molecule has 1 N–H and O–H groups in total. The van der Waals surface area contributed by atoms with Gasteiger partial charge in [0.2, 0.25) is 5.91 Å². The lowest BCUT2D eigenvalue weighted by Crippen LogP contribution is -2.26. The quantitative estimate of drug-likeness (QED) is 0.566. The van der Waals surface area contributed by atoms with Crippen molar-refractivity contribution in [3.63, 3.8) is 0 Å². The van der Waals surface area contributed by atoms with E-state index in [0.717, 1.165) is 37.3 Å². The van der Waals surface area contributed by atoms with E-state index < -0.39 is 26.4 Å². The number of hydrogen-bond acceptors (Lipinski definition) is 5. The number of nitriles is 1. The van der Waals surface area contributed by atoms with Crippen LogP contribution in [0.5, 0.6) is 0 Å². The van der Waals surface area contributed by atoms with E-state index in [2.05, 4.69) is 5.32 Å². The predicted octanol–water partition coefficient (Wildman–Crippen LogP) is 5.34. The maximum Gasteiger partial charge on any atom is 0.227 e. The van der Waals surface area contributed by atoms with E-state index in [0.29, 0.717) is 18.4 Å². The van der Waals surface area contributed by atoms with Crippen molar-refractivity contribution in [1.82, 2.24) is 0 Å². The van der Waals surface area contributed by atoms with Crippen molar-refractivity contribution in [1.29, 1.82) is 5.26 Å². The first-order valence-corrected chi connectivity index (χ1v) is 13.4. The Kier molecular flexibility index (Phi) is 7.57. The molecule has 0 bridgehead atoms. The molecule has 32 heavy (non-hydrogen) atoms. The Labute approximate surface area is 191 Å². The van der Waals surface area contributed by atoms with Gasteiger partial charge in [0.1, 0.15) is 4.90 Å². The van der Waals surface area contributed by atoms with E-state index in [4.69, 9.17) is 0 Å².